The number of fused-ring (bicyclic) bond motifs is 1. The molecule has 0 aliphatic carbocycles. The first-order valence-corrected chi connectivity index (χ1v) is 11.1. The summed E-state index contributed by atoms with van der Waals surface area (Å²) in [5.41, 5.74) is 5.01. The van der Waals surface area contributed by atoms with E-state index in [2.05, 4.69) is 10.6 Å². The highest BCUT2D eigenvalue weighted by Gasteiger charge is 2.21. The average molecular weight is 461 g/mol. The standard InChI is InChI=1S/C26H25ClN4O2/c1-16-8-13-21(17(2)14-16)29-24(32)15-31-23-7-5-4-6-22(23)30-25(31)18(3)28-26(33)19-9-11-20(27)12-10-19/h4-14,18H,15H2,1-3H3,(H,28,33)(H,29,32). The van der Waals surface area contributed by atoms with Crippen molar-refractivity contribution in [3.63, 3.8) is 0 Å². The van der Waals surface area contributed by atoms with Crippen molar-refractivity contribution in [1.82, 2.24) is 14.9 Å². The van der Waals surface area contributed by atoms with Crippen LogP contribution in [0.5, 0.6) is 0 Å². The lowest BCUT2D eigenvalue weighted by atomic mass is 10.1. The van der Waals surface area contributed by atoms with Crippen molar-refractivity contribution in [2.24, 2.45) is 0 Å². The van der Waals surface area contributed by atoms with Gasteiger partial charge in [0.1, 0.15) is 12.4 Å². The topological polar surface area (TPSA) is 76.0 Å². The van der Waals surface area contributed by atoms with Gasteiger partial charge < -0.3 is 15.2 Å². The van der Waals surface area contributed by atoms with Gasteiger partial charge in [0.2, 0.25) is 5.91 Å². The van der Waals surface area contributed by atoms with E-state index in [0.29, 0.717) is 16.4 Å². The van der Waals surface area contributed by atoms with E-state index in [1.54, 1.807) is 24.3 Å². The molecule has 2 N–H and O–H groups in total. The molecule has 0 bridgehead atoms. The van der Waals surface area contributed by atoms with Gasteiger partial charge in [-0.2, -0.15) is 0 Å². The van der Waals surface area contributed by atoms with E-state index in [9.17, 15) is 9.59 Å². The quantitative estimate of drug-likeness (QED) is 0.402. The molecule has 0 radical (unpaired) electrons. The van der Waals surface area contributed by atoms with Crippen molar-refractivity contribution in [2.45, 2.75) is 33.4 Å². The van der Waals surface area contributed by atoms with E-state index in [0.717, 1.165) is 27.8 Å². The number of nitrogens with one attached hydrogen (secondary N) is 2. The van der Waals surface area contributed by atoms with Crippen LogP contribution in [0, 0.1) is 13.8 Å². The number of amides is 2. The molecule has 0 spiro atoms. The van der Waals surface area contributed by atoms with Crippen LogP contribution in [0.1, 0.15) is 40.3 Å². The smallest absolute Gasteiger partial charge is 0.251 e. The minimum absolute atomic E-state index is 0.0737. The molecular weight excluding hydrogens is 436 g/mol. The molecule has 3 aromatic carbocycles. The van der Waals surface area contributed by atoms with E-state index in [4.69, 9.17) is 16.6 Å². The Hall–Kier alpha value is -3.64. The van der Waals surface area contributed by atoms with Gasteiger partial charge in [-0.15, -0.1) is 0 Å². The fraction of sp³-hybridized carbons (Fsp3) is 0.192. The van der Waals surface area contributed by atoms with Gasteiger partial charge in [0, 0.05) is 16.3 Å². The zero-order valence-electron chi connectivity index (χ0n) is 18.7. The van der Waals surface area contributed by atoms with E-state index < -0.39 is 6.04 Å². The molecule has 1 unspecified atom stereocenters. The number of rotatable bonds is 6. The largest absolute Gasteiger partial charge is 0.342 e. The molecule has 6 nitrogen and oxygen atoms in total. The van der Waals surface area contributed by atoms with Gasteiger partial charge in [0.25, 0.3) is 5.91 Å². The number of carbonyl (C=O) groups is 2. The Morgan fingerprint density at radius 2 is 1.76 bits per heavy atom. The number of carbonyl (C=O) groups excluding carboxylic acids is 2. The summed E-state index contributed by atoms with van der Waals surface area (Å²) in [6.45, 7) is 5.91. The number of para-hydroxylation sites is 2. The third-order valence-corrected chi connectivity index (χ3v) is 5.74. The molecule has 33 heavy (non-hydrogen) atoms. The first kappa shape index (κ1) is 22.6. The van der Waals surface area contributed by atoms with Crippen molar-refractivity contribution in [2.75, 3.05) is 5.32 Å². The lowest BCUT2D eigenvalue weighted by Gasteiger charge is -2.17. The van der Waals surface area contributed by atoms with Crippen molar-refractivity contribution < 1.29 is 9.59 Å². The minimum atomic E-state index is -0.422. The zero-order chi connectivity index (χ0) is 23.5. The molecule has 168 valence electrons. The summed E-state index contributed by atoms with van der Waals surface area (Å²) < 4.78 is 1.85. The second-order valence-electron chi connectivity index (χ2n) is 8.11. The van der Waals surface area contributed by atoms with Gasteiger partial charge in [-0.1, -0.05) is 41.4 Å². The number of nitrogens with zero attached hydrogens (tertiary/aromatic N) is 2. The fourth-order valence-corrected chi connectivity index (χ4v) is 3.95. The summed E-state index contributed by atoms with van der Waals surface area (Å²) >= 11 is 5.92. The third kappa shape index (κ3) is 5.07. The average Bonchev–Trinajstić information content (AvgIpc) is 3.14. The molecule has 2 amide bonds. The Bertz CT molecular complexity index is 1330. The Morgan fingerprint density at radius 1 is 1.03 bits per heavy atom. The van der Waals surface area contributed by atoms with Crippen LogP contribution in [-0.2, 0) is 11.3 Å². The van der Waals surface area contributed by atoms with Crippen LogP contribution in [0.25, 0.3) is 11.0 Å². The Kier molecular flexibility index (Phi) is 6.47. The minimum Gasteiger partial charge on any atom is -0.342 e. The molecule has 0 fully saturated rings. The lowest BCUT2D eigenvalue weighted by molar-refractivity contribution is -0.116. The van der Waals surface area contributed by atoms with Gasteiger partial charge in [0.05, 0.1) is 17.1 Å². The molecule has 0 saturated carbocycles. The van der Waals surface area contributed by atoms with E-state index in [-0.39, 0.29) is 18.4 Å². The fourth-order valence-electron chi connectivity index (χ4n) is 3.82. The summed E-state index contributed by atoms with van der Waals surface area (Å²) in [7, 11) is 0. The highest BCUT2D eigenvalue weighted by molar-refractivity contribution is 6.30. The maximum atomic E-state index is 13.0. The predicted molar refractivity (Wildman–Crippen MR) is 132 cm³/mol. The van der Waals surface area contributed by atoms with Crippen molar-refractivity contribution >= 4 is 40.1 Å². The van der Waals surface area contributed by atoms with Crippen LogP contribution in [0.4, 0.5) is 5.69 Å². The molecule has 7 heteroatoms. The number of benzene rings is 3. The molecule has 1 heterocycles. The van der Waals surface area contributed by atoms with Crippen LogP contribution in [0.2, 0.25) is 5.02 Å². The van der Waals surface area contributed by atoms with Gasteiger partial charge in [0.15, 0.2) is 0 Å². The summed E-state index contributed by atoms with van der Waals surface area (Å²) in [5.74, 6) is 0.203. The summed E-state index contributed by atoms with van der Waals surface area (Å²) in [5, 5.41) is 6.53. The highest BCUT2D eigenvalue weighted by atomic mass is 35.5. The summed E-state index contributed by atoms with van der Waals surface area (Å²) in [6.07, 6.45) is 0. The van der Waals surface area contributed by atoms with Gasteiger partial charge in [-0.05, 0) is 68.8 Å². The summed E-state index contributed by atoms with van der Waals surface area (Å²) in [4.78, 5) is 30.4. The zero-order valence-corrected chi connectivity index (χ0v) is 19.5. The number of imidazole rings is 1. The van der Waals surface area contributed by atoms with E-state index >= 15 is 0 Å². The SMILES string of the molecule is Cc1ccc(NC(=O)Cn2c(C(C)NC(=O)c3ccc(Cl)cc3)nc3ccccc32)c(C)c1. The number of anilines is 1. The van der Waals surface area contributed by atoms with Crippen LogP contribution in [-0.4, -0.2) is 21.4 Å². The number of aromatic nitrogens is 2. The van der Waals surface area contributed by atoms with Crippen LogP contribution >= 0.6 is 11.6 Å². The highest BCUT2D eigenvalue weighted by Crippen LogP contribution is 2.22. The van der Waals surface area contributed by atoms with Crippen molar-refractivity contribution in [3.8, 4) is 0 Å². The van der Waals surface area contributed by atoms with Crippen LogP contribution < -0.4 is 10.6 Å². The maximum absolute atomic E-state index is 13.0. The molecule has 0 saturated heterocycles. The molecule has 0 aliphatic heterocycles. The van der Waals surface area contributed by atoms with Gasteiger partial charge >= 0.3 is 0 Å². The first-order valence-electron chi connectivity index (χ1n) is 10.7. The van der Waals surface area contributed by atoms with Gasteiger partial charge in [-0.25, -0.2) is 4.98 Å². The molecule has 1 atom stereocenters. The number of hydrogen-bond acceptors (Lipinski definition) is 3. The maximum Gasteiger partial charge on any atom is 0.251 e. The van der Waals surface area contributed by atoms with Crippen LogP contribution in [0.15, 0.2) is 66.7 Å². The Morgan fingerprint density at radius 3 is 2.48 bits per heavy atom. The summed E-state index contributed by atoms with van der Waals surface area (Å²) in [6, 6.07) is 19.8. The van der Waals surface area contributed by atoms with Crippen molar-refractivity contribution in [3.05, 3.63) is 94.3 Å². The normalized spacial score (nSPS) is 11.9. The van der Waals surface area contributed by atoms with E-state index in [1.165, 1.54) is 0 Å². The molecule has 0 aliphatic rings. The molecule has 4 rings (SSSR count). The number of halogens is 1. The molecule has 4 aromatic rings. The number of hydrogen-bond donors (Lipinski definition) is 2. The Labute approximate surface area is 197 Å². The predicted octanol–water partition coefficient (Wildman–Crippen LogP) is 5.44. The molecular formula is C26H25ClN4O2. The third-order valence-electron chi connectivity index (χ3n) is 5.48. The monoisotopic (exact) mass is 460 g/mol. The van der Waals surface area contributed by atoms with Gasteiger partial charge in [-0.3, -0.25) is 9.59 Å². The van der Waals surface area contributed by atoms with E-state index in [1.807, 2.05) is 67.8 Å². The lowest BCUT2D eigenvalue weighted by Crippen LogP contribution is -2.30. The van der Waals surface area contributed by atoms with Crippen molar-refractivity contribution in [1.29, 1.82) is 0 Å². The second kappa shape index (κ2) is 9.46. The number of aryl methyl sites for hydroxylation is 2. The second-order valence-corrected chi connectivity index (χ2v) is 8.55. The first-order chi connectivity index (χ1) is 15.8. The van der Waals surface area contributed by atoms with Crippen LogP contribution in [0.3, 0.4) is 0 Å². The molecule has 1 aromatic heterocycles. The Balaban J connectivity index is 1.59.